The fourth-order valence-corrected chi connectivity index (χ4v) is 3.29. The Hall–Kier alpha value is -2.22. The van der Waals surface area contributed by atoms with E-state index in [0.29, 0.717) is 16.5 Å². The van der Waals surface area contributed by atoms with Crippen molar-refractivity contribution in [3.05, 3.63) is 33.6 Å². The minimum Gasteiger partial charge on any atom is -0.285 e. The average Bonchev–Trinajstić information content (AvgIpc) is 2.98. The summed E-state index contributed by atoms with van der Waals surface area (Å²) in [5, 5.41) is 4.94. The molecule has 0 fully saturated rings. The molecule has 0 saturated carbocycles. The van der Waals surface area contributed by atoms with Crippen molar-refractivity contribution in [2.45, 2.75) is 37.8 Å². The summed E-state index contributed by atoms with van der Waals surface area (Å²) in [6.45, 7) is 1.94. The number of nitrogens with zero attached hydrogens (tertiary/aromatic N) is 5. The number of hydrogen-bond acceptors (Lipinski definition) is 6. The third kappa shape index (κ3) is 2.42. The van der Waals surface area contributed by atoms with Gasteiger partial charge in [0.2, 0.25) is 0 Å². The number of aromatic amines is 1. The molecule has 1 N–H and O–H groups in total. The Kier molecular flexibility index (Phi) is 3.41. The number of rotatable bonds is 2. The normalized spacial score (nSPS) is 14.2. The largest absolute Gasteiger partial charge is 0.350 e. The quantitative estimate of drug-likeness (QED) is 0.721. The molecule has 3 aromatic heterocycles. The van der Waals surface area contributed by atoms with Crippen molar-refractivity contribution in [3.63, 3.8) is 0 Å². The van der Waals surface area contributed by atoms with E-state index in [4.69, 9.17) is 9.97 Å². The Balaban J connectivity index is 1.89. The van der Waals surface area contributed by atoms with Gasteiger partial charge in [-0.25, -0.2) is 14.8 Å². The first kappa shape index (κ1) is 14.4. The monoisotopic (exact) mass is 328 g/mol. The van der Waals surface area contributed by atoms with E-state index >= 15 is 0 Å². The summed E-state index contributed by atoms with van der Waals surface area (Å²) < 4.78 is 1.27. The highest BCUT2D eigenvalue weighted by molar-refractivity contribution is 7.98. The van der Waals surface area contributed by atoms with Crippen molar-refractivity contribution in [1.29, 1.82) is 0 Å². The summed E-state index contributed by atoms with van der Waals surface area (Å²) in [6, 6.07) is 1.79. The number of aromatic nitrogens is 6. The molecule has 0 radical (unpaired) electrons. The predicted octanol–water partition coefficient (Wildman–Crippen LogP) is 1.78. The van der Waals surface area contributed by atoms with E-state index in [9.17, 15) is 4.79 Å². The van der Waals surface area contributed by atoms with Gasteiger partial charge in [-0.15, -0.1) is 0 Å². The number of H-pyrrole nitrogens is 1. The van der Waals surface area contributed by atoms with Gasteiger partial charge in [0.15, 0.2) is 10.8 Å². The van der Waals surface area contributed by atoms with E-state index in [1.54, 1.807) is 6.07 Å². The number of fused-ring (bicyclic) bond motifs is 2. The molecule has 1 aliphatic carbocycles. The molecular weight excluding hydrogens is 312 g/mol. The molecule has 4 rings (SSSR count). The van der Waals surface area contributed by atoms with Gasteiger partial charge in [0, 0.05) is 6.07 Å². The van der Waals surface area contributed by atoms with Crippen LogP contribution in [0.25, 0.3) is 17.0 Å². The van der Waals surface area contributed by atoms with E-state index in [0.717, 1.165) is 42.0 Å². The van der Waals surface area contributed by atoms with Crippen LogP contribution < -0.4 is 5.69 Å². The lowest BCUT2D eigenvalue weighted by Gasteiger charge is -2.15. The predicted molar refractivity (Wildman–Crippen MR) is 87.8 cm³/mol. The summed E-state index contributed by atoms with van der Waals surface area (Å²) in [7, 11) is 0. The summed E-state index contributed by atoms with van der Waals surface area (Å²) in [5.41, 5.74) is 4.60. The molecule has 0 amide bonds. The Labute approximate surface area is 136 Å². The summed E-state index contributed by atoms with van der Waals surface area (Å²) >= 11 is 1.39. The van der Waals surface area contributed by atoms with Crippen LogP contribution in [-0.2, 0) is 12.8 Å². The van der Waals surface area contributed by atoms with Crippen LogP contribution in [0.3, 0.4) is 0 Å². The van der Waals surface area contributed by atoms with Crippen LogP contribution in [-0.4, -0.2) is 35.8 Å². The minimum atomic E-state index is -0.297. The molecular formula is C15H16N6OS. The topological polar surface area (TPSA) is 88.8 Å². The summed E-state index contributed by atoms with van der Waals surface area (Å²) in [4.78, 5) is 28.6. The van der Waals surface area contributed by atoms with E-state index in [1.165, 1.54) is 22.7 Å². The maximum atomic E-state index is 12.1. The van der Waals surface area contributed by atoms with Gasteiger partial charge >= 0.3 is 5.69 Å². The first-order chi connectivity index (χ1) is 11.2. The number of thioether (sulfide) groups is 1. The number of aryl methyl sites for hydroxylation is 3. The Morgan fingerprint density at radius 1 is 1.17 bits per heavy atom. The van der Waals surface area contributed by atoms with Crippen LogP contribution in [0.2, 0.25) is 0 Å². The zero-order valence-electron chi connectivity index (χ0n) is 13.0. The average molecular weight is 328 g/mol. The van der Waals surface area contributed by atoms with Crippen LogP contribution in [0.1, 0.15) is 29.9 Å². The van der Waals surface area contributed by atoms with Gasteiger partial charge in [-0.05, 0) is 38.9 Å². The van der Waals surface area contributed by atoms with E-state index < -0.39 is 0 Å². The molecule has 7 nitrogen and oxygen atoms in total. The summed E-state index contributed by atoms with van der Waals surface area (Å²) in [6.07, 6.45) is 6.13. The fraction of sp³-hybridized carbons (Fsp3) is 0.400. The minimum absolute atomic E-state index is 0.297. The SMILES string of the molecule is CSc1nc2cc(-c3nc4c(nc3C)CCCC4)nn2c(=O)[nH]1. The van der Waals surface area contributed by atoms with Gasteiger partial charge in [0.1, 0.15) is 11.4 Å². The lowest BCUT2D eigenvalue weighted by molar-refractivity contribution is 0.646. The fourth-order valence-electron chi connectivity index (χ4n) is 2.92. The van der Waals surface area contributed by atoms with E-state index in [2.05, 4.69) is 15.1 Å². The van der Waals surface area contributed by atoms with Gasteiger partial charge in [-0.2, -0.15) is 9.61 Å². The molecule has 0 atom stereocenters. The first-order valence-electron chi connectivity index (χ1n) is 7.56. The van der Waals surface area contributed by atoms with E-state index in [-0.39, 0.29) is 5.69 Å². The second-order valence-electron chi connectivity index (χ2n) is 5.61. The molecule has 0 spiro atoms. The molecule has 23 heavy (non-hydrogen) atoms. The van der Waals surface area contributed by atoms with Crippen molar-refractivity contribution >= 4 is 17.4 Å². The Morgan fingerprint density at radius 3 is 2.65 bits per heavy atom. The Bertz CT molecular complexity index is 960. The van der Waals surface area contributed by atoms with Crippen LogP contribution in [0, 0.1) is 6.92 Å². The van der Waals surface area contributed by atoms with Crippen molar-refractivity contribution in [2.24, 2.45) is 0 Å². The maximum Gasteiger partial charge on any atom is 0.350 e. The van der Waals surface area contributed by atoms with Gasteiger partial charge < -0.3 is 0 Å². The molecule has 0 saturated heterocycles. The molecule has 118 valence electrons. The van der Waals surface area contributed by atoms with E-state index in [1.807, 2.05) is 13.2 Å². The van der Waals surface area contributed by atoms with Gasteiger partial charge in [-0.3, -0.25) is 9.97 Å². The second-order valence-corrected chi connectivity index (χ2v) is 6.40. The highest BCUT2D eigenvalue weighted by Crippen LogP contribution is 2.25. The molecule has 0 unspecified atom stereocenters. The second kappa shape index (κ2) is 5.45. The number of nitrogens with one attached hydrogen (secondary N) is 1. The highest BCUT2D eigenvalue weighted by Gasteiger charge is 2.18. The third-order valence-corrected chi connectivity index (χ3v) is 4.63. The Morgan fingerprint density at radius 2 is 1.91 bits per heavy atom. The lowest BCUT2D eigenvalue weighted by Crippen LogP contribution is -2.19. The van der Waals surface area contributed by atoms with Gasteiger partial charge in [-0.1, -0.05) is 11.8 Å². The molecule has 1 aliphatic rings. The maximum absolute atomic E-state index is 12.1. The lowest BCUT2D eigenvalue weighted by atomic mass is 10.00. The van der Waals surface area contributed by atoms with Gasteiger partial charge in [0.25, 0.3) is 0 Å². The zero-order chi connectivity index (χ0) is 16.0. The van der Waals surface area contributed by atoms with Crippen LogP contribution in [0.4, 0.5) is 0 Å². The van der Waals surface area contributed by atoms with Crippen molar-refractivity contribution < 1.29 is 0 Å². The standard InChI is InChI=1S/C15H16N6OS/c1-8-13(17-10-6-4-3-5-9(10)16-8)11-7-12-18-14(23-2)19-15(22)21(12)20-11/h7H,3-6H2,1-2H3,(H,18,19,22). The van der Waals surface area contributed by atoms with Gasteiger partial charge in [0.05, 0.1) is 17.1 Å². The van der Waals surface area contributed by atoms with Crippen LogP contribution in [0.5, 0.6) is 0 Å². The molecule has 0 aliphatic heterocycles. The molecule has 3 heterocycles. The van der Waals surface area contributed by atoms with Crippen molar-refractivity contribution in [1.82, 2.24) is 29.5 Å². The highest BCUT2D eigenvalue weighted by atomic mass is 32.2. The van der Waals surface area contributed by atoms with Crippen molar-refractivity contribution in [2.75, 3.05) is 6.26 Å². The molecule has 8 heteroatoms. The smallest absolute Gasteiger partial charge is 0.285 e. The van der Waals surface area contributed by atoms with Crippen LogP contribution >= 0.6 is 11.8 Å². The third-order valence-electron chi connectivity index (χ3n) is 4.05. The molecule has 0 bridgehead atoms. The summed E-state index contributed by atoms with van der Waals surface area (Å²) in [5.74, 6) is 0. The molecule has 3 aromatic rings. The zero-order valence-corrected chi connectivity index (χ0v) is 13.8. The van der Waals surface area contributed by atoms with Crippen LogP contribution in [0.15, 0.2) is 16.0 Å². The molecule has 0 aromatic carbocycles. The first-order valence-corrected chi connectivity index (χ1v) is 8.79. The van der Waals surface area contributed by atoms with Crippen molar-refractivity contribution in [3.8, 4) is 11.4 Å². The number of hydrogen-bond donors (Lipinski definition) is 1.